The van der Waals surface area contributed by atoms with Gasteiger partial charge in [0.25, 0.3) is 5.91 Å². The number of nitrogens with two attached hydrogens (primary N) is 1. The zero-order chi connectivity index (χ0) is 14.0. The molecule has 0 spiro atoms. The summed E-state index contributed by atoms with van der Waals surface area (Å²) in [6.07, 6.45) is 0.764. The van der Waals surface area contributed by atoms with Crippen molar-refractivity contribution < 1.29 is 9.90 Å². The SMILES string of the molecule is Cc1sc(C(=O)NN)cc1CN1CCC(C)C(O)C1. The summed E-state index contributed by atoms with van der Waals surface area (Å²) in [5.74, 6) is 5.27. The zero-order valence-electron chi connectivity index (χ0n) is 11.3. The number of aliphatic hydroxyl groups excluding tert-OH is 1. The normalized spacial score (nSPS) is 24.4. The lowest BCUT2D eigenvalue weighted by molar-refractivity contribution is 0.0259. The lowest BCUT2D eigenvalue weighted by Gasteiger charge is -2.34. The number of likely N-dealkylation sites (tertiary alicyclic amines) is 1. The fourth-order valence-corrected chi connectivity index (χ4v) is 3.30. The van der Waals surface area contributed by atoms with E-state index >= 15 is 0 Å². The van der Waals surface area contributed by atoms with Crippen LogP contribution in [-0.4, -0.2) is 35.1 Å². The maximum atomic E-state index is 11.5. The van der Waals surface area contributed by atoms with E-state index < -0.39 is 0 Å². The molecule has 1 saturated heterocycles. The summed E-state index contributed by atoms with van der Waals surface area (Å²) < 4.78 is 0. The summed E-state index contributed by atoms with van der Waals surface area (Å²) in [5.41, 5.74) is 3.30. The van der Waals surface area contributed by atoms with E-state index in [9.17, 15) is 9.90 Å². The zero-order valence-corrected chi connectivity index (χ0v) is 12.2. The van der Waals surface area contributed by atoms with Crippen LogP contribution in [-0.2, 0) is 6.54 Å². The molecule has 1 aliphatic heterocycles. The Kier molecular flexibility index (Phi) is 4.57. The summed E-state index contributed by atoms with van der Waals surface area (Å²) in [7, 11) is 0. The first-order chi connectivity index (χ1) is 9.01. The molecule has 2 heterocycles. The summed E-state index contributed by atoms with van der Waals surface area (Å²) in [5, 5.41) is 9.91. The van der Waals surface area contributed by atoms with E-state index in [1.54, 1.807) is 0 Å². The number of amides is 1. The molecule has 0 aromatic carbocycles. The molecule has 2 rings (SSSR count). The maximum Gasteiger partial charge on any atom is 0.275 e. The Labute approximate surface area is 117 Å². The first-order valence-electron chi connectivity index (χ1n) is 6.52. The van der Waals surface area contributed by atoms with Gasteiger partial charge >= 0.3 is 0 Å². The number of aryl methyl sites for hydroxylation is 1. The number of thiophene rings is 1. The highest BCUT2D eigenvalue weighted by Gasteiger charge is 2.25. The van der Waals surface area contributed by atoms with E-state index in [1.165, 1.54) is 11.3 Å². The van der Waals surface area contributed by atoms with Crippen molar-refractivity contribution in [2.75, 3.05) is 13.1 Å². The quantitative estimate of drug-likeness (QED) is 0.437. The average molecular weight is 283 g/mol. The number of carbonyl (C=O) groups excluding carboxylic acids is 1. The molecule has 2 unspecified atom stereocenters. The van der Waals surface area contributed by atoms with Crippen molar-refractivity contribution >= 4 is 17.2 Å². The molecule has 106 valence electrons. The molecule has 1 aliphatic rings. The molecule has 19 heavy (non-hydrogen) atoms. The molecule has 0 radical (unpaired) electrons. The molecule has 1 amide bonds. The van der Waals surface area contributed by atoms with Gasteiger partial charge < -0.3 is 5.11 Å². The number of β-amino-alcohol motifs (C(OH)–C–C–N with tert-alkyl or cyclic N) is 1. The van der Waals surface area contributed by atoms with E-state index in [0.717, 1.165) is 30.0 Å². The van der Waals surface area contributed by atoms with Crippen molar-refractivity contribution in [3.8, 4) is 0 Å². The second-order valence-corrected chi connectivity index (χ2v) is 6.49. The molecular weight excluding hydrogens is 262 g/mol. The monoisotopic (exact) mass is 283 g/mol. The highest BCUT2D eigenvalue weighted by Crippen LogP contribution is 2.25. The predicted octanol–water partition coefficient (Wildman–Crippen LogP) is 0.863. The summed E-state index contributed by atoms with van der Waals surface area (Å²) in [6, 6.07) is 1.90. The van der Waals surface area contributed by atoms with Gasteiger partial charge in [0.15, 0.2) is 0 Å². The smallest absolute Gasteiger partial charge is 0.275 e. The van der Waals surface area contributed by atoms with Gasteiger partial charge in [0.05, 0.1) is 11.0 Å². The van der Waals surface area contributed by atoms with Crippen LogP contribution in [0.2, 0.25) is 0 Å². The van der Waals surface area contributed by atoms with Crippen LogP contribution >= 0.6 is 11.3 Å². The van der Waals surface area contributed by atoms with Crippen LogP contribution < -0.4 is 11.3 Å². The number of piperidine rings is 1. The van der Waals surface area contributed by atoms with Crippen molar-refractivity contribution in [3.05, 3.63) is 21.4 Å². The topological polar surface area (TPSA) is 78.6 Å². The van der Waals surface area contributed by atoms with Gasteiger partial charge in [-0.05, 0) is 37.4 Å². The van der Waals surface area contributed by atoms with Crippen LogP contribution in [0.25, 0.3) is 0 Å². The first kappa shape index (κ1) is 14.5. The molecule has 6 heteroatoms. The van der Waals surface area contributed by atoms with Crippen molar-refractivity contribution in [1.82, 2.24) is 10.3 Å². The predicted molar refractivity (Wildman–Crippen MR) is 75.8 cm³/mol. The van der Waals surface area contributed by atoms with E-state index in [0.29, 0.717) is 17.3 Å². The van der Waals surface area contributed by atoms with Crippen molar-refractivity contribution in [1.29, 1.82) is 0 Å². The summed E-state index contributed by atoms with van der Waals surface area (Å²) in [4.78, 5) is 15.5. The summed E-state index contributed by atoms with van der Waals surface area (Å²) in [6.45, 7) is 6.57. The van der Waals surface area contributed by atoms with Crippen molar-refractivity contribution in [3.63, 3.8) is 0 Å². The van der Waals surface area contributed by atoms with E-state index in [2.05, 4.69) is 17.2 Å². The Bertz CT molecular complexity index is 461. The van der Waals surface area contributed by atoms with Gasteiger partial charge in [0.1, 0.15) is 0 Å². The van der Waals surface area contributed by atoms with Crippen LogP contribution in [0.5, 0.6) is 0 Å². The van der Waals surface area contributed by atoms with Crippen LogP contribution in [0.15, 0.2) is 6.07 Å². The third-order valence-electron chi connectivity index (χ3n) is 3.77. The van der Waals surface area contributed by atoms with Gasteiger partial charge in [-0.3, -0.25) is 15.1 Å². The lowest BCUT2D eigenvalue weighted by Crippen LogP contribution is -2.42. The number of hydrogen-bond donors (Lipinski definition) is 3. The van der Waals surface area contributed by atoms with Crippen LogP contribution in [0, 0.1) is 12.8 Å². The number of carbonyl (C=O) groups is 1. The minimum Gasteiger partial charge on any atom is -0.392 e. The molecule has 0 bridgehead atoms. The number of nitrogen functional groups attached to an aromatic ring is 1. The Morgan fingerprint density at radius 3 is 3.05 bits per heavy atom. The number of aliphatic hydroxyl groups is 1. The van der Waals surface area contributed by atoms with E-state index in [4.69, 9.17) is 5.84 Å². The second-order valence-electron chi connectivity index (χ2n) is 5.23. The molecule has 1 fully saturated rings. The third-order valence-corrected chi connectivity index (χ3v) is 4.86. The number of rotatable bonds is 3. The molecular formula is C13H21N3O2S. The lowest BCUT2D eigenvalue weighted by atomic mass is 9.96. The Balaban J connectivity index is 2.03. The number of hydrogen-bond acceptors (Lipinski definition) is 5. The highest BCUT2D eigenvalue weighted by molar-refractivity contribution is 7.14. The fraction of sp³-hybridized carbons (Fsp3) is 0.615. The third kappa shape index (κ3) is 3.33. The highest BCUT2D eigenvalue weighted by atomic mass is 32.1. The van der Waals surface area contributed by atoms with Gasteiger partial charge in [0.2, 0.25) is 0 Å². The number of nitrogens with zero attached hydrogens (tertiary/aromatic N) is 1. The largest absolute Gasteiger partial charge is 0.392 e. The first-order valence-corrected chi connectivity index (χ1v) is 7.33. The molecule has 0 aliphatic carbocycles. The Morgan fingerprint density at radius 1 is 1.68 bits per heavy atom. The molecule has 2 atom stereocenters. The molecule has 4 N–H and O–H groups in total. The molecule has 1 aromatic rings. The van der Waals surface area contributed by atoms with Gasteiger partial charge in [-0.15, -0.1) is 11.3 Å². The Morgan fingerprint density at radius 2 is 2.42 bits per heavy atom. The van der Waals surface area contributed by atoms with Gasteiger partial charge in [-0.25, -0.2) is 5.84 Å². The molecule has 1 aromatic heterocycles. The summed E-state index contributed by atoms with van der Waals surface area (Å²) >= 11 is 1.46. The molecule has 0 saturated carbocycles. The Hall–Kier alpha value is -0.950. The molecule has 5 nitrogen and oxygen atoms in total. The van der Waals surface area contributed by atoms with E-state index in [-0.39, 0.29) is 12.0 Å². The van der Waals surface area contributed by atoms with Crippen LogP contribution in [0.4, 0.5) is 0 Å². The fourth-order valence-electron chi connectivity index (χ4n) is 2.36. The van der Waals surface area contributed by atoms with Gasteiger partial charge in [-0.1, -0.05) is 6.92 Å². The van der Waals surface area contributed by atoms with Crippen LogP contribution in [0.3, 0.4) is 0 Å². The van der Waals surface area contributed by atoms with Gasteiger partial charge in [-0.2, -0.15) is 0 Å². The average Bonchev–Trinajstić information content (AvgIpc) is 2.74. The van der Waals surface area contributed by atoms with E-state index in [1.807, 2.05) is 13.0 Å². The van der Waals surface area contributed by atoms with Gasteiger partial charge in [0, 0.05) is 18.0 Å². The maximum absolute atomic E-state index is 11.5. The minimum absolute atomic E-state index is 0.244. The standard InChI is InChI=1S/C13H21N3O2S/c1-8-3-4-16(7-11(8)17)6-10-5-12(13(18)15-14)19-9(10)2/h5,8,11,17H,3-4,6-7,14H2,1-2H3,(H,15,18). The van der Waals surface area contributed by atoms with Crippen molar-refractivity contribution in [2.24, 2.45) is 11.8 Å². The van der Waals surface area contributed by atoms with Crippen LogP contribution in [0.1, 0.15) is 33.5 Å². The second kappa shape index (κ2) is 6.00. The minimum atomic E-state index is -0.250. The van der Waals surface area contributed by atoms with Crippen molar-refractivity contribution in [2.45, 2.75) is 32.9 Å². The number of nitrogens with one attached hydrogen (secondary N) is 1. The number of hydrazine groups is 1.